The highest BCUT2D eigenvalue weighted by Gasteiger charge is 2.30. The minimum atomic E-state index is -0.138. The van der Waals surface area contributed by atoms with Crippen molar-refractivity contribution in [2.45, 2.75) is 59.6 Å². The Morgan fingerprint density at radius 2 is 1.72 bits per heavy atom. The van der Waals surface area contributed by atoms with Gasteiger partial charge in [0.25, 0.3) is 0 Å². The summed E-state index contributed by atoms with van der Waals surface area (Å²) in [7, 11) is 3.99. The van der Waals surface area contributed by atoms with E-state index in [1.165, 1.54) is 0 Å². The van der Waals surface area contributed by atoms with Crippen LogP contribution in [-0.4, -0.2) is 50.3 Å². The Balaban J connectivity index is 4.49. The van der Waals surface area contributed by atoms with E-state index in [2.05, 4.69) is 58.8 Å². The minimum absolute atomic E-state index is 0.138. The van der Waals surface area contributed by atoms with Crippen LogP contribution in [0.2, 0.25) is 0 Å². The molecule has 0 saturated carbocycles. The Labute approximate surface area is 114 Å². The minimum Gasteiger partial charge on any atom is -0.377 e. The predicted molar refractivity (Wildman–Crippen MR) is 80.1 cm³/mol. The lowest BCUT2D eigenvalue weighted by Gasteiger charge is -2.38. The topological polar surface area (TPSA) is 24.5 Å². The predicted octanol–water partition coefficient (Wildman–Crippen LogP) is 2.76. The van der Waals surface area contributed by atoms with Crippen LogP contribution in [0.25, 0.3) is 0 Å². The average molecular weight is 258 g/mol. The lowest BCUT2D eigenvalue weighted by molar-refractivity contribution is -0.0198. The molecule has 0 aromatic heterocycles. The Morgan fingerprint density at radius 3 is 2.11 bits per heavy atom. The van der Waals surface area contributed by atoms with Crippen LogP contribution in [-0.2, 0) is 4.74 Å². The maximum Gasteiger partial charge on any atom is 0.0787 e. The summed E-state index contributed by atoms with van der Waals surface area (Å²) in [6.07, 6.45) is 1.15. The number of ether oxygens (including phenoxy) is 1. The summed E-state index contributed by atoms with van der Waals surface area (Å²) in [6, 6.07) is 0.356. The molecule has 0 aromatic carbocycles. The largest absolute Gasteiger partial charge is 0.377 e. The number of hydrogen-bond acceptors (Lipinski definition) is 3. The number of nitrogens with one attached hydrogen (secondary N) is 1. The highest BCUT2D eigenvalue weighted by Crippen LogP contribution is 2.18. The van der Waals surface area contributed by atoms with Crippen LogP contribution in [0, 0.1) is 5.41 Å². The second kappa shape index (κ2) is 7.46. The first-order chi connectivity index (χ1) is 8.12. The number of nitrogens with zero attached hydrogens (tertiary/aromatic N) is 1. The molecule has 0 spiro atoms. The fraction of sp³-hybridized carbons (Fsp3) is 1.00. The van der Waals surface area contributed by atoms with Crippen LogP contribution in [0.1, 0.15) is 48.0 Å². The van der Waals surface area contributed by atoms with Gasteiger partial charge in [0, 0.05) is 26.2 Å². The first kappa shape index (κ1) is 17.9. The van der Waals surface area contributed by atoms with E-state index in [0.29, 0.717) is 11.5 Å². The van der Waals surface area contributed by atoms with Gasteiger partial charge in [0.1, 0.15) is 0 Å². The molecular formula is C15H34N2O. The molecule has 0 heterocycles. The van der Waals surface area contributed by atoms with Gasteiger partial charge in [-0.25, -0.2) is 0 Å². The SMILES string of the molecule is CCCNC(CN(C)CC(C)(C)C)C(C)(C)OC. The van der Waals surface area contributed by atoms with Crippen LogP contribution in [0.3, 0.4) is 0 Å². The maximum absolute atomic E-state index is 5.64. The summed E-state index contributed by atoms with van der Waals surface area (Å²) in [5, 5.41) is 3.61. The summed E-state index contributed by atoms with van der Waals surface area (Å²) >= 11 is 0. The molecule has 0 bridgehead atoms. The van der Waals surface area contributed by atoms with Gasteiger partial charge in [0.05, 0.1) is 5.60 Å². The van der Waals surface area contributed by atoms with Gasteiger partial charge >= 0.3 is 0 Å². The first-order valence-corrected chi connectivity index (χ1v) is 7.09. The number of methoxy groups -OCH3 is 1. The summed E-state index contributed by atoms with van der Waals surface area (Å²) in [5.74, 6) is 0. The fourth-order valence-electron chi connectivity index (χ4n) is 2.18. The molecule has 0 aliphatic carbocycles. The van der Waals surface area contributed by atoms with Crippen molar-refractivity contribution >= 4 is 0 Å². The van der Waals surface area contributed by atoms with Gasteiger partial charge in [-0.15, -0.1) is 0 Å². The molecule has 3 nitrogen and oxygen atoms in total. The zero-order chi connectivity index (χ0) is 14.4. The summed E-state index contributed by atoms with van der Waals surface area (Å²) in [6.45, 7) is 16.5. The van der Waals surface area contributed by atoms with Gasteiger partial charge in [0.2, 0.25) is 0 Å². The highest BCUT2D eigenvalue weighted by molar-refractivity contribution is 4.88. The lowest BCUT2D eigenvalue weighted by atomic mass is 9.94. The summed E-state index contributed by atoms with van der Waals surface area (Å²) in [4.78, 5) is 2.40. The lowest BCUT2D eigenvalue weighted by Crippen LogP contribution is -2.54. The van der Waals surface area contributed by atoms with Crippen molar-refractivity contribution in [1.29, 1.82) is 0 Å². The van der Waals surface area contributed by atoms with Crippen LogP contribution in [0.4, 0.5) is 0 Å². The number of rotatable bonds is 8. The van der Waals surface area contributed by atoms with E-state index in [4.69, 9.17) is 4.74 Å². The van der Waals surface area contributed by atoms with E-state index >= 15 is 0 Å². The average Bonchev–Trinajstić information content (AvgIpc) is 2.21. The van der Waals surface area contributed by atoms with Gasteiger partial charge in [0.15, 0.2) is 0 Å². The molecule has 0 aliphatic heterocycles. The van der Waals surface area contributed by atoms with Crippen molar-refractivity contribution < 1.29 is 4.74 Å². The van der Waals surface area contributed by atoms with Crippen molar-refractivity contribution in [1.82, 2.24) is 10.2 Å². The first-order valence-electron chi connectivity index (χ1n) is 7.09. The molecule has 0 rings (SSSR count). The monoisotopic (exact) mass is 258 g/mol. The Morgan fingerprint density at radius 1 is 1.17 bits per heavy atom. The summed E-state index contributed by atoms with van der Waals surface area (Å²) in [5.41, 5.74) is 0.197. The van der Waals surface area contributed by atoms with Crippen LogP contribution in [0.5, 0.6) is 0 Å². The van der Waals surface area contributed by atoms with Gasteiger partial charge in [-0.2, -0.15) is 0 Å². The molecule has 0 aromatic rings. The molecule has 1 atom stereocenters. The van der Waals surface area contributed by atoms with E-state index in [1.807, 2.05) is 0 Å². The molecule has 0 saturated heterocycles. The molecule has 0 fully saturated rings. The molecule has 1 N–H and O–H groups in total. The molecule has 110 valence electrons. The molecule has 0 amide bonds. The van der Waals surface area contributed by atoms with Gasteiger partial charge in [-0.3, -0.25) is 0 Å². The highest BCUT2D eigenvalue weighted by atomic mass is 16.5. The molecule has 1 unspecified atom stereocenters. The standard InChI is InChI=1S/C15H34N2O/c1-9-10-16-13(15(5,6)18-8)11-17(7)12-14(2,3)4/h13,16H,9-12H2,1-8H3. The smallest absolute Gasteiger partial charge is 0.0787 e. The van der Waals surface area contributed by atoms with E-state index in [-0.39, 0.29) is 5.60 Å². The van der Waals surface area contributed by atoms with Crippen LogP contribution >= 0.6 is 0 Å². The second-order valence-corrected chi connectivity index (χ2v) is 7.07. The molecule has 0 aliphatic rings. The van der Waals surface area contributed by atoms with Gasteiger partial charge in [-0.05, 0) is 39.3 Å². The van der Waals surface area contributed by atoms with Crippen LogP contribution in [0.15, 0.2) is 0 Å². The molecule has 18 heavy (non-hydrogen) atoms. The normalized spacial score (nSPS) is 15.2. The third-order valence-corrected chi connectivity index (χ3v) is 3.24. The number of hydrogen-bond donors (Lipinski definition) is 1. The van der Waals surface area contributed by atoms with E-state index < -0.39 is 0 Å². The van der Waals surface area contributed by atoms with E-state index in [0.717, 1.165) is 26.1 Å². The quantitative estimate of drug-likeness (QED) is 0.724. The third kappa shape index (κ3) is 7.34. The van der Waals surface area contributed by atoms with Crippen molar-refractivity contribution in [2.24, 2.45) is 5.41 Å². The van der Waals surface area contributed by atoms with Crippen molar-refractivity contribution in [3.8, 4) is 0 Å². The molecule has 3 heteroatoms. The third-order valence-electron chi connectivity index (χ3n) is 3.24. The van der Waals surface area contributed by atoms with Gasteiger partial charge in [-0.1, -0.05) is 27.7 Å². The second-order valence-electron chi connectivity index (χ2n) is 7.07. The zero-order valence-electron chi connectivity index (χ0n) is 13.8. The maximum atomic E-state index is 5.64. The molecule has 0 radical (unpaired) electrons. The van der Waals surface area contributed by atoms with E-state index in [1.54, 1.807) is 7.11 Å². The number of likely N-dealkylation sites (N-methyl/N-ethyl adjacent to an activating group) is 1. The molecular weight excluding hydrogens is 224 g/mol. The van der Waals surface area contributed by atoms with Crippen molar-refractivity contribution in [3.63, 3.8) is 0 Å². The zero-order valence-corrected chi connectivity index (χ0v) is 13.8. The Hall–Kier alpha value is -0.120. The summed E-state index contributed by atoms with van der Waals surface area (Å²) < 4.78 is 5.64. The Bertz CT molecular complexity index is 221. The van der Waals surface area contributed by atoms with Crippen LogP contribution < -0.4 is 5.32 Å². The van der Waals surface area contributed by atoms with Crippen molar-refractivity contribution in [2.75, 3.05) is 33.8 Å². The van der Waals surface area contributed by atoms with E-state index in [9.17, 15) is 0 Å². The van der Waals surface area contributed by atoms with Crippen molar-refractivity contribution in [3.05, 3.63) is 0 Å². The Kier molecular flexibility index (Phi) is 7.41. The fourth-order valence-corrected chi connectivity index (χ4v) is 2.18. The van der Waals surface area contributed by atoms with Gasteiger partial charge < -0.3 is 15.0 Å².